The second-order valence-corrected chi connectivity index (χ2v) is 9.42. The van der Waals surface area contributed by atoms with E-state index < -0.39 is 23.8 Å². The monoisotopic (exact) mass is 482 g/mol. The lowest BCUT2D eigenvalue weighted by Gasteiger charge is -2.72. The van der Waals surface area contributed by atoms with E-state index in [9.17, 15) is 18.4 Å². The molecule has 1 N–H and O–H groups in total. The summed E-state index contributed by atoms with van der Waals surface area (Å²) in [5.74, 6) is -1.30. The third kappa shape index (κ3) is 3.55. The number of benzene rings is 2. The molecule has 4 fully saturated rings. The van der Waals surface area contributed by atoms with Gasteiger partial charge in [-0.3, -0.25) is 9.69 Å². The van der Waals surface area contributed by atoms with Crippen molar-refractivity contribution in [3.63, 3.8) is 0 Å². The van der Waals surface area contributed by atoms with E-state index in [4.69, 9.17) is 32.7 Å². The Balaban J connectivity index is 1.14. The topological polar surface area (TPSA) is 67.9 Å². The Hall–Kier alpha value is -2.58. The third-order valence-corrected chi connectivity index (χ3v) is 6.98. The van der Waals surface area contributed by atoms with Crippen LogP contribution in [-0.4, -0.2) is 41.1 Å². The molecule has 6 rings (SSSR count). The van der Waals surface area contributed by atoms with Crippen LogP contribution in [0.15, 0.2) is 36.4 Å². The first kappa shape index (κ1) is 21.3. The molecule has 2 amide bonds. The first-order valence-electron chi connectivity index (χ1n) is 10.0. The fraction of sp³-hybridized carbons (Fsp3) is 0.364. The summed E-state index contributed by atoms with van der Waals surface area (Å²) in [5.41, 5.74) is -0.186. The molecule has 3 aliphatic carbocycles. The van der Waals surface area contributed by atoms with Crippen molar-refractivity contribution in [1.82, 2.24) is 10.2 Å². The summed E-state index contributed by atoms with van der Waals surface area (Å²) >= 11 is 11.4. The number of halogens is 4. The number of carbonyl (C=O) groups is 2. The van der Waals surface area contributed by atoms with Crippen LogP contribution in [0, 0.1) is 11.6 Å². The molecule has 0 spiro atoms. The number of amides is 2. The fourth-order valence-corrected chi connectivity index (χ4v) is 5.17. The molecule has 0 radical (unpaired) electrons. The SMILES string of the molecule is O=C(COc1ccc(Cl)c(F)c1)NC12CC(N3CC(c4ccc(Cl)c(F)c4)OC3=O)(C1)C2. The summed E-state index contributed by atoms with van der Waals surface area (Å²) in [4.78, 5) is 26.4. The number of rotatable bonds is 6. The van der Waals surface area contributed by atoms with Gasteiger partial charge in [0, 0.05) is 11.6 Å². The first-order chi connectivity index (χ1) is 15.2. The largest absolute Gasteiger partial charge is 0.484 e. The minimum Gasteiger partial charge on any atom is -0.484 e. The minimum atomic E-state index is -0.622. The molecular weight excluding hydrogens is 465 g/mol. The van der Waals surface area contributed by atoms with Crippen LogP contribution in [0.2, 0.25) is 10.0 Å². The van der Waals surface area contributed by atoms with Gasteiger partial charge in [0.05, 0.1) is 22.1 Å². The van der Waals surface area contributed by atoms with Gasteiger partial charge in [-0.05, 0) is 49.1 Å². The summed E-state index contributed by atoms with van der Waals surface area (Å²) in [7, 11) is 0. The molecule has 1 aliphatic heterocycles. The Morgan fingerprint density at radius 3 is 2.44 bits per heavy atom. The molecule has 4 aliphatic rings. The van der Waals surface area contributed by atoms with Crippen LogP contribution in [0.1, 0.15) is 30.9 Å². The molecule has 168 valence electrons. The lowest BCUT2D eigenvalue weighted by atomic mass is 9.43. The van der Waals surface area contributed by atoms with Crippen LogP contribution in [0.5, 0.6) is 5.75 Å². The molecule has 6 nitrogen and oxygen atoms in total. The normalized spacial score (nSPS) is 27.9. The highest BCUT2D eigenvalue weighted by Crippen LogP contribution is 2.64. The maximum atomic E-state index is 13.8. The third-order valence-electron chi connectivity index (χ3n) is 6.37. The van der Waals surface area contributed by atoms with Gasteiger partial charge >= 0.3 is 6.09 Å². The summed E-state index contributed by atoms with van der Waals surface area (Å²) in [6.07, 6.45) is 0.814. The van der Waals surface area contributed by atoms with Gasteiger partial charge in [-0.2, -0.15) is 0 Å². The Labute approximate surface area is 192 Å². The van der Waals surface area contributed by atoms with E-state index in [-0.39, 0.29) is 39.4 Å². The standard InChI is InChI=1S/C22H18Cl2F2N2O4/c23-14-3-1-12(5-16(14)25)18-7-28(20(30)32-18)22-9-21(10-22,11-22)27-19(29)8-31-13-2-4-15(24)17(26)6-13/h1-6,18H,7-11H2,(H,27,29). The van der Waals surface area contributed by atoms with Crippen LogP contribution >= 0.6 is 23.2 Å². The summed E-state index contributed by atoms with van der Waals surface area (Å²) in [6, 6.07) is 8.32. The van der Waals surface area contributed by atoms with Crippen molar-refractivity contribution >= 4 is 35.2 Å². The Kier molecular flexibility index (Phi) is 4.98. The van der Waals surface area contributed by atoms with Crippen LogP contribution in [-0.2, 0) is 9.53 Å². The van der Waals surface area contributed by atoms with E-state index in [0.29, 0.717) is 31.4 Å². The van der Waals surface area contributed by atoms with Gasteiger partial charge in [0.1, 0.15) is 23.5 Å². The second kappa shape index (κ2) is 7.49. The molecule has 2 bridgehead atoms. The van der Waals surface area contributed by atoms with Gasteiger partial charge in [0.2, 0.25) is 0 Å². The number of ether oxygens (including phenoxy) is 2. The van der Waals surface area contributed by atoms with Crippen molar-refractivity contribution in [2.75, 3.05) is 13.2 Å². The van der Waals surface area contributed by atoms with E-state index in [1.54, 1.807) is 11.0 Å². The van der Waals surface area contributed by atoms with Crippen molar-refractivity contribution in [1.29, 1.82) is 0 Å². The quantitative estimate of drug-likeness (QED) is 0.651. The van der Waals surface area contributed by atoms with Gasteiger partial charge in [0.25, 0.3) is 5.91 Å². The zero-order valence-corrected chi connectivity index (χ0v) is 18.2. The molecule has 1 heterocycles. The molecule has 10 heteroatoms. The molecule has 1 atom stereocenters. The molecular formula is C22H18Cl2F2N2O4. The van der Waals surface area contributed by atoms with Crippen molar-refractivity contribution < 1.29 is 27.8 Å². The lowest BCUT2D eigenvalue weighted by Crippen LogP contribution is -2.84. The Morgan fingerprint density at radius 2 is 1.78 bits per heavy atom. The van der Waals surface area contributed by atoms with Gasteiger partial charge in [-0.15, -0.1) is 0 Å². The van der Waals surface area contributed by atoms with E-state index in [1.807, 2.05) is 0 Å². The highest BCUT2D eigenvalue weighted by molar-refractivity contribution is 6.31. The molecule has 1 unspecified atom stereocenters. The number of hydrogen-bond acceptors (Lipinski definition) is 4. The number of hydrogen-bond donors (Lipinski definition) is 1. The summed E-state index contributed by atoms with van der Waals surface area (Å²) in [5, 5.41) is 2.94. The van der Waals surface area contributed by atoms with E-state index in [1.165, 1.54) is 24.3 Å². The maximum absolute atomic E-state index is 13.8. The highest BCUT2D eigenvalue weighted by Gasteiger charge is 2.73. The average molecular weight is 483 g/mol. The second-order valence-electron chi connectivity index (χ2n) is 8.60. The van der Waals surface area contributed by atoms with Crippen LogP contribution in [0.25, 0.3) is 0 Å². The molecule has 3 saturated carbocycles. The fourth-order valence-electron chi connectivity index (χ4n) is 4.94. The smallest absolute Gasteiger partial charge is 0.411 e. The molecule has 1 saturated heterocycles. The Bertz CT molecular complexity index is 1110. The van der Waals surface area contributed by atoms with Crippen molar-refractivity contribution in [2.45, 2.75) is 36.4 Å². The van der Waals surface area contributed by atoms with Crippen molar-refractivity contribution in [3.8, 4) is 5.75 Å². The van der Waals surface area contributed by atoms with Crippen molar-refractivity contribution in [2.24, 2.45) is 0 Å². The predicted octanol–water partition coefficient (Wildman–Crippen LogP) is 4.64. The molecule has 0 aromatic heterocycles. The summed E-state index contributed by atoms with van der Waals surface area (Å²) < 4.78 is 38.0. The van der Waals surface area contributed by atoms with Crippen LogP contribution < -0.4 is 10.1 Å². The van der Waals surface area contributed by atoms with E-state index in [2.05, 4.69) is 5.32 Å². The summed E-state index contributed by atoms with van der Waals surface area (Å²) in [6.45, 7) is 0.0565. The van der Waals surface area contributed by atoms with Gasteiger partial charge in [-0.25, -0.2) is 13.6 Å². The van der Waals surface area contributed by atoms with Gasteiger partial charge in [-0.1, -0.05) is 29.3 Å². The highest BCUT2D eigenvalue weighted by atomic mass is 35.5. The zero-order valence-electron chi connectivity index (χ0n) is 16.7. The number of cyclic esters (lactones) is 1. The molecule has 32 heavy (non-hydrogen) atoms. The Morgan fingerprint density at radius 1 is 1.12 bits per heavy atom. The van der Waals surface area contributed by atoms with E-state index in [0.717, 1.165) is 6.07 Å². The predicted molar refractivity (Wildman–Crippen MR) is 112 cm³/mol. The number of nitrogens with one attached hydrogen (secondary N) is 1. The molecule has 2 aromatic rings. The van der Waals surface area contributed by atoms with Gasteiger partial charge < -0.3 is 14.8 Å². The number of carbonyl (C=O) groups excluding carboxylic acids is 2. The average Bonchev–Trinajstić information content (AvgIpc) is 3.08. The lowest BCUT2D eigenvalue weighted by molar-refractivity contribution is -0.167. The number of nitrogens with zero attached hydrogens (tertiary/aromatic N) is 1. The maximum Gasteiger partial charge on any atom is 0.411 e. The van der Waals surface area contributed by atoms with E-state index >= 15 is 0 Å². The van der Waals surface area contributed by atoms with Crippen molar-refractivity contribution in [3.05, 3.63) is 63.6 Å². The van der Waals surface area contributed by atoms with Crippen LogP contribution in [0.3, 0.4) is 0 Å². The van der Waals surface area contributed by atoms with Crippen LogP contribution in [0.4, 0.5) is 13.6 Å². The first-order valence-corrected chi connectivity index (χ1v) is 10.8. The van der Waals surface area contributed by atoms with Gasteiger partial charge in [0.15, 0.2) is 6.61 Å². The molecule has 2 aromatic carbocycles. The minimum absolute atomic E-state index is 0.0113. The zero-order chi connectivity index (χ0) is 22.7.